The van der Waals surface area contributed by atoms with Gasteiger partial charge in [-0.05, 0) is 74.4 Å². The van der Waals surface area contributed by atoms with E-state index in [1.807, 2.05) is 19.9 Å². The summed E-state index contributed by atoms with van der Waals surface area (Å²) in [7, 11) is 3.06. The molecule has 15 nitrogen and oxygen atoms in total. The molecule has 6 bridgehead atoms. The Labute approximate surface area is 392 Å². The smallest absolute Gasteiger partial charge is 0.406 e. The summed E-state index contributed by atoms with van der Waals surface area (Å²) in [5.74, 6) is -3.17. The summed E-state index contributed by atoms with van der Waals surface area (Å²) in [5.41, 5.74) is 5.56. The van der Waals surface area contributed by atoms with E-state index in [2.05, 4.69) is 22.3 Å². The number of likely N-dealkylation sites (N-methyl/N-ethyl adjacent to an activating group) is 1. The number of nitrogens with zero attached hydrogens (tertiary/aromatic N) is 6. The molecule has 0 saturated carbocycles. The first-order chi connectivity index (χ1) is 31.7. The fraction of sp³-hybridized carbons (Fsp3) is 0.521. The van der Waals surface area contributed by atoms with Crippen molar-refractivity contribution in [2.24, 2.45) is 17.3 Å². The van der Waals surface area contributed by atoms with E-state index in [0.29, 0.717) is 75.5 Å². The first-order valence-corrected chi connectivity index (χ1v) is 23.5. The highest BCUT2D eigenvalue weighted by atomic mass is 32.1. The van der Waals surface area contributed by atoms with Crippen LogP contribution in [0.1, 0.15) is 76.3 Å². The molecule has 5 atom stereocenters. The molecule has 0 spiro atoms. The topological polar surface area (TPSA) is 168 Å². The predicted octanol–water partition coefficient (Wildman–Crippen LogP) is 6.26. The number of pyridine rings is 1. The first kappa shape index (κ1) is 49.3. The minimum absolute atomic E-state index is 0.0540. The van der Waals surface area contributed by atoms with Crippen molar-refractivity contribution >= 4 is 51.8 Å². The number of cyclic esters (lactones) is 1. The van der Waals surface area contributed by atoms with Crippen molar-refractivity contribution in [1.82, 2.24) is 40.1 Å². The number of benzene rings is 1. The fourth-order valence-corrected chi connectivity index (χ4v) is 10.3. The van der Waals surface area contributed by atoms with Gasteiger partial charge in [-0.1, -0.05) is 40.3 Å². The zero-order valence-electron chi connectivity index (χ0n) is 38.9. The van der Waals surface area contributed by atoms with Gasteiger partial charge in [0.15, 0.2) is 0 Å². The summed E-state index contributed by atoms with van der Waals surface area (Å²) in [4.78, 5) is 81.4. The van der Waals surface area contributed by atoms with Gasteiger partial charge in [0.05, 0.1) is 40.7 Å². The second-order valence-electron chi connectivity index (χ2n) is 18.8. The van der Waals surface area contributed by atoms with Crippen LogP contribution in [0.5, 0.6) is 0 Å². The zero-order chi connectivity index (χ0) is 48.5. The molecule has 0 aliphatic carbocycles. The molecule has 2 N–H and O–H groups in total. The number of nitrogens with one attached hydrogen (secondary N) is 2. The molecule has 2 fully saturated rings. The summed E-state index contributed by atoms with van der Waals surface area (Å²) in [6.45, 7) is 12.1. The Bertz CT molecular complexity index is 2540. The number of methoxy groups -OCH3 is 1. The first-order valence-electron chi connectivity index (χ1n) is 22.6. The Morgan fingerprint density at radius 1 is 1.15 bits per heavy atom. The van der Waals surface area contributed by atoms with Crippen molar-refractivity contribution in [2.75, 3.05) is 40.4 Å². The second-order valence-corrected chi connectivity index (χ2v) is 19.8. The van der Waals surface area contributed by atoms with Crippen molar-refractivity contribution < 1.29 is 46.6 Å². The summed E-state index contributed by atoms with van der Waals surface area (Å²) in [6, 6.07) is 5.52. The third-order valence-corrected chi connectivity index (χ3v) is 13.7. The highest BCUT2D eigenvalue weighted by molar-refractivity contribution is 7.10. The average molecular weight is 949 g/mol. The summed E-state index contributed by atoms with van der Waals surface area (Å²) < 4.78 is 56.8. The number of hydrazine groups is 1. The number of thiazole rings is 1. The Morgan fingerprint density at radius 2 is 1.91 bits per heavy atom. The molecule has 4 amide bonds. The maximum atomic E-state index is 14.6. The molecule has 3 aliphatic heterocycles. The standard InChI is InChI=1S/C48H59F3N8O7S/c1-9-39(60)57-19-16-30(23-57)44(62)56(7)41(27(2)3)43(61)54-35-21-38-53-36(24-67-38)29-14-15-37-32(20-29)33(22-47(5,6)26-66-46(64)34-13-11-18-59(55-34)45(35)63)42(58(37)25-48(49,50)51)31-12-10-17-52-40(31)28(4)65-8/h9-10,12,14-15,17,20,24,27-28,30,34-35,41,55H,1,11,13,16,18-19,21-23,25-26H2,2-8H3,(H,54,61)/t28-,30-,34-,35?,41-/m0/s1. The van der Waals surface area contributed by atoms with Crippen molar-refractivity contribution in [1.29, 1.82) is 0 Å². The number of halogens is 3. The normalized spacial score (nSPS) is 21.1. The Balaban J connectivity index is 1.30. The number of carbonyl (C=O) groups is 5. The van der Waals surface area contributed by atoms with Gasteiger partial charge in [-0.2, -0.15) is 13.2 Å². The van der Waals surface area contributed by atoms with Gasteiger partial charge in [-0.15, -0.1) is 11.3 Å². The molecule has 2 saturated heterocycles. The van der Waals surface area contributed by atoms with E-state index in [9.17, 15) is 37.1 Å². The number of likely N-dealkylation sites (tertiary alicyclic amines) is 1. The van der Waals surface area contributed by atoms with Crippen LogP contribution in [0.25, 0.3) is 33.4 Å². The van der Waals surface area contributed by atoms with Gasteiger partial charge in [0, 0.05) is 79.2 Å². The number of hydrogen-bond acceptors (Lipinski definition) is 11. The quantitative estimate of drug-likeness (QED) is 0.137. The Kier molecular flexibility index (Phi) is 14.6. The van der Waals surface area contributed by atoms with E-state index in [1.165, 1.54) is 39.0 Å². The van der Waals surface area contributed by atoms with Crippen LogP contribution in [0.4, 0.5) is 13.2 Å². The van der Waals surface area contributed by atoms with Crippen LogP contribution >= 0.6 is 11.3 Å². The SMILES string of the molecule is C=CC(=O)N1CC[C@H](C(=O)N(C)[C@H](C(=O)NC2Cc3nc(cs3)-c3ccc4c(c3)c(c(-c3cccnc3[C@H](C)OC)n4CC(F)(F)F)CC(C)(C)COC(=O)[C@@H]3CCCN(N3)C2=O)C(C)C)C1. The largest absolute Gasteiger partial charge is 0.464 e. The van der Waals surface area contributed by atoms with Crippen molar-refractivity contribution in [3.05, 3.63) is 70.8 Å². The van der Waals surface area contributed by atoms with Crippen LogP contribution in [0.2, 0.25) is 0 Å². The van der Waals surface area contributed by atoms with Crippen LogP contribution in [-0.4, -0.2) is 124 Å². The molecule has 1 aromatic carbocycles. The number of carbonyl (C=O) groups excluding carboxylic acids is 5. The van der Waals surface area contributed by atoms with E-state index in [1.54, 1.807) is 68.6 Å². The van der Waals surface area contributed by atoms with Crippen LogP contribution in [0.3, 0.4) is 0 Å². The zero-order valence-corrected chi connectivity index (χ0v) is 39.8. The van der Waals surface area contributed by atoms with E-state index in [4.69, 9.17) is 14.5 Å². The van der Waals surface area contributed by atoms with Gasteiger partial charge in [0.2, 0.25) is 17.7 Å². The third-order valence-electron chi connectivity index (χ3n) is 12.9. The minimum Gasteiger partial charge on any atom is -0.464 e. The molecule has 7 rings (SSSR count). The highest BCUT2D eigenvalue weighted by Gasteiger charge is 2.41. The number of rotatable bonds is 10. The monoisotopic (exact) mass is 948 g/mol. The van der Waals surface area contributed by atoms with Gasteiger partial charge in [0.1, 0.15) is 24.7 Å². The second kappa shape index (κ2) is 19.9. The van der Waals surface area contributed by atoms with E-state index in [-0.39, 0.29) is 50.3 Å². The number of fused-ring (bicyclic) bond motifs is 6. The van der Waals surface area contributed by atoms with Crippen LogP contribution in [-0.2, 0) is 52.8 Å². The van der Waals surface area contributed by atoms with Crippen LogP contribution in [0, 0.1) is 17.3 Å². The molecule has 4 aromatic rings. The number of aromatic nitrogens is 3. The Hall–Kier alpha value is -5.66. The Morgan fingerprint density at radius 3 is 2.61 bits per heavy atom. The molecule has 3 aromatic heterocycles. The van der Waals surface area contributed by atoms with Gasteiger partial charge >= 0.3 is 12.1 Å². The third kappa shape index (κ3) is 10.7. The molecule has 1 unspecified atom stereocenters. The van der Waals surface area contributed by atoms with E-state index >= 15 is 0 Å². The molecule has 360 valence electrons. The average Bonchev–Trinajstić information content (AvgIpc) is 4.05. The van der Waals surface area contributed by atoms with E-state index in [0.717, 1.165) is 0 Å². The van der Waals surface area contributed by atoms with Crippen molar-refractivity contribution in [2.45, 2.75) is 104 Å². The van der Waals surface area contributed by atoms with Crippen LogP contribution in [0.15, 0.2) is 54.6 Å². The van der Waals surface area contributed by atoms with Gasteiger partial charge in [0.25, 0.3) is 5.91 Å². The number of alkyl halides is 3. The van der Waals surface area contributed by atoms with Crippen molar-refractivity contribution in [3.63, 3.8) is 0 Å². The molecule has 67 heavy (non-hydrogen) atoms. The number of hydrogen-bond donors (Lipinski definition) is 2. The van der Waals surface area contributed by atoms with Crippen molar-refractivity contribution in [3.8, 4) is 22.5 Å². The molecule has 3 aliphatic rings. The molecular formula is C48H59F3N8O7S. The number of esters is 1. The van der Waals surface area contributed by atoms with Crippen LogP contribution < -0.4 is 10.7 Å². The fourth-order valence-electron chi connectivity index (χ4n) is 9.48. The molecule has 0 radical (unpaired) electrons. The summed E-state index contributed by atoms with van der Waals surface area (Å²) >= 11 is 1.26. The molecule has 6 heterocycles. The number of ether oxygens (including phenoxy) is 2. The molecular weight excluding hydrogens is 890 g/mol. The molecule has 19 heteroatoms. The lowest BCUT2D eigenvalue weighted by Crippen LogP contribution is -2.62. The van der Waals surface area contributed by atoms with Gasteiger partial charge in [-0.25, -0.2) is 10.4 Å². The van der Waals surface area contributed by atoms with Gasteiger partial charge < -0.3 is 29.2 Å². The lowest BCUT2D eigenvalue weighted by Gasteiger charge is -2.36. The lowest BCUT2D eigenvalue weighted by molar-refractivity contribution is -0.155. The number of amides is 4. The van der Waals surface area contributed by atoms with E-state index < -0.39 is 66.1 Å². The van der Waals surface area contributed by atoms with Gasteiger partial charge in [-0.3, -0.25) is 34.0 Å². The predicted molar refractivity (Wildman–Crippen MR) is 246 cm³/mol. The minimum atomic E-state index is -4.59. The maximum Gasteiger partial charge on any atom is 0.406 e. The lowest BCUT2D eigenvalue weighted by atomic mass is 9.84. The highest BCUT2D eigenvalue weighted by Crippen LogP contribution is 2.43. The summed E-state index contributed by atoms with van der Waals surface area (Å²) in [6.07, 6.45) is -0.992. The summed E-state index contributed by atoms with van der Waals surface area (Å²) in [5, 5.41) is 7.10. The maximum absolute atomic E-state index is 14.6.